The van der Waals surface area contributed by atoms with Gasteiger partial charge in [0.25, 0.3) is 0 Å². The Morgan fingerprint density at radius 2 is 2.06 bits per heavy atom. The molecule has 0 amide bonds. The number of benzene rings is 1. The SMILES string of the molecule is COc1cc(OCCC2CC2)cc(C(=N)N)c1. The number of nitrogens with two attached hydrogens (primary N) is 1. The number of hydrogen-bond donors (Lipinski definition) is 2. The average Bonchev–Trinajstić information content (AvgIpc) is 3.12. The summed E-state index contributed by atoms with van der Waals surface area (Å²) in [5, 5.41) is 7.43. The maximum atomic E-state index is 7.43. The normalized spacial score (nSPS) is 14.4. The first-order valence-corrected chi connectivity index (χ1v) is 5.85. The van der Waals surface area contributed by atoms with Gasteiger partial charge in [-0.15, -0.1) is 0 Å². The lowest BCUT2D eigenvalue weighted by molar-refractivity contribution is 0.300. The predicted molar refractivity (Wildman–Crippen MR) is 66.8 cm³/mol. The van der Waals surface area contributed by atoms with Gasteiger partial charge in [-0.1, -0.05) is 12.8 Å². The predicted octanol–water partition coefficient (Wildman–Crippen LogP) is 2.16. The number of rotatable bonds is 6. The highest BCUT2D eigenvalue weighted by Gasteiger charge is 2.20. The number of methoxy groups -OCH3 is 1. The molecule has 17 heavy (non-hydrogen) atoms. The van der Waals surface area contributed by atoms with Crippen molar-refractivity contribution in [2.24, 2.45) is 11.7 Å². The van der Waals surface area contributed by atoms with E-state index in [0.717, 1.165) is 24.7 Å². The van der Waals surface area contributed by atoms with Gasteiger partial charge in [-0.05, 0) is 24.5 Å². The van der Waals surface area contributed by atoms with Crippen LogP contribution in [0.2, 0.25) is 0 Å². The van der Waals surface area contributed by atoms with Crippen molar-refractivity contribution in [2.75, 3.05) is 13.7 Å². The van der Waals surface area contributed by atoms with Crippen molar-refractivity contribution in [2.45, 2.75) is 19.3 Å². The van der Waals surface area contributed by atoms with E-state index in [-0.39, 0.29) is 5.84 Å². The van der Waals surface area contributed by atoms with Crippen molar-refractivity contribution < 1.29 is 9.47 Å². The summed E-state index contributed by atoms with van der Waals surface area (Å²) in [5.74, 6) is 2.26. The number of nitrogens with one attached hydrogen (secondary N) is 1. The van der Waals surface area contributed by atoms with Crippen molar-refractivity contribution in [3.8, 4) is 11.5 Å². The van der Waals surface area contributed by atoms with Gasteiger partial charge in [0.05, 0.1) is 13.7 Å². The Labute approximate surface area is 101 Å². The van der Waals surface area contributed by atoms with Crippen molar-refractivity contribution >= 4 is 5.84 Å². The lowest BCUT2D eigenvalue weighted by Crippen LogP contribution is -2.11. The Morgan fingerprint density at radius 1 is 1.35 bits per heavy atom. The van der Waals surface area contributed by atoms with Crippen LogP contribution in [0.4, 0.5) is 0 Å². The molecule has 0 heterocycles. The molecule has 1 fully saturated rings. The molecule has 2 rings (SSSR count). The van der Waals surface area contributed by atoms with Crippen LogP contribution >= 0.6 is 0 Å². The highest BCUT2D eigenvalue weighted by molar-refractivity contribution is 5.95. The number of hydrogen-bond acceptors (Lipinski definition) is 3. The molecule has 0 spiro atoms. The average molecular weight is 234 g/mol. The van der Waals surface area contributed by atoms with Gasteiger partial charge >= 0.3 is 0 Å². The van der Waals surface area contributed by atoms with E-state index in [1.54, 1.807) is 19.2 Å². The van der Waals surface area contributed by atoms with Gasteiger partial charge in [-0.2, -0.15) is 0 Å². The Bertz CT molecular complexity index is 414. The summed E-state index contributed by atoms with van der Waals surface area (Å²) in [5.41, 5.74) is 6.10. The largest absolute Gasteiger partial charge is 0.497 e. The third-order valence-corrected chi connectivity index (χ3v) is 2.92. The summed E-state index contributed by atoms with van der Waals surface area (Å²) in [7, 11) is 1.59. The fourth-order valence-electron chi connectivity index (χ4n) is 1.68. The van der Waals surface area contributed by atoms with Crippen LogP contribution in [0.1, 0.15) is 24.8 Å². The minimum atomic E-state index is 0.0240. The molecule has 0 aliphatic heterocycles. The van der Waals surface area contributed by atoms with Crippen LogP contribution in [0.15, 0.2) is 18.2 Å². The molecule has 0 saturated heterocycles. The van der Waals surface area contributed by atoms with E-state index in [2.05, 4.69) is 0 Å². The molecule has 1 saturated carbocycles. The van der Waals surface area contributed by atoms with Gasteiger partial charge in [0.2, 0.25) is 0 Å². The van der Waals surface area contributed by atoms with Crippen LogP contribution in [0.3, 0.4) is 0 Å². The molecule has 0 atom stereocenters. The number of amidine groups is 1. The topological polar surface area (TPSA) is 68.3 Å². The second-order valence-corrected chi connectivity index (χ2v) is 4.39. The van der Waals surface area contributed by atoms with Crippen molar-refractivity contribution in [1.82, 2.24) is 0 Å². The second-order valence-electron chi connectivity index (χ2n) is 4.39. The molecule has 1 aliphatic rings. The zero-order chi connectivity index (χ0) is 12.3. The molecule has 0 unspecified atom stereocenters. The lowest BCUT2D eigenvalue weighted by Gasteiger charge is -2.10. The molecule has 4 heteroatoms. The Balaban J connectivity index is 2.02. The van der Waals surface area contributed by atoms with Crippen LogP contribution in [0.25, 0.3) is 0 Å². The summed E-state index contributed by atoms with van der Waals surface area (Å²) in [6.07, 6.45) is 3.77. The number of ether oxygens (including phenoxy) is 2. The molecule has 3 N–H and O–H groups in total. The fourth-order valence-corrected chi connectivity index (χ4v) is 1.68. The smallest absolute Gasteiger partial charge is 0.123 e. The van der Waals surface area contributed by atoms with Crippen molar-refractivity contribution in [3.63, 3.8) is 0 Å². The summed E-state index contributed by atoms with van der Waals surface area (Å²) in [4.78, 5) is 0. The summed E-state index contributed by atoms with van der Waals surface area (Å²) >= 11 is 0. The van der Waals surface area contributed by atoms with E-state index < -0.39 is 0 Å². The standard InChI is InChI=1S/C13H18N2O2/c1-16-11-6-10(13(14)15)7-12(8-11)17-5-4-9-2-3-9/h6-9H,2-5H2,1H3,(H3,14,15). The second kappa shape index (κ2) is 5.08. The zero-order valence-electron chi connectivity index (χ0n) is 10.0. The van der Waals surface area contributed by atoms with Gasteiger partial charge < -0.3 is 15.2 Å². The maximum absolute atomic E-state index is 7.43. The van der Waals surface area contributed by atoms with Gasteiger partial charge in [0.15, 0.2) is 0 Å². The highest BCUT2D eigenvalue weighted by atomic mass is 16.5. The van der Waals surface area contributed by atoms with Gasteiger partial charge in [0.1, 0.15) is 17.3 Å². The van der Waals surface area contributed by atoms with Gasteiger partial charge in [-0.3, -0.25) is 5.41 Å². The summed E-state index contributed by atoms with van der Waals surface area (Å²) < 4.78 is 10.8. The molecular formula is C13H18N2O2. The van der Waals surface area contributed by atoms with E-state index >= 15 is 0 Å². The molecule has 1 aliphatic carbocycles. The molecular weight excluding hydrogens is 216 g/mol. The first kappa shape index (κ1) is 11.8. The van der Waals surface area contributed by atoms with Crippen molar-refractivity contribution in [1.29, 1.82) is 5.41 Å². The summed E-state index contributed by atoms with van der Waals surface area (Å²) in [6, 6.07) is 5.33. The first-order valence-electron chi connectivity index (χ1n) is 5.85. The maximum Gasteiger partial charge on any atom is 0.123 e. The number of nitrogen functional groups attached to an aromatic ring is 1. The van der Waals surface area contributed by atoms with E-state index in [4.69, 9.17) is 20.6 Å². The van der Waals surface area contributed by atoms with Crippen molar-refractivity contribution in [3.05, 3.63) is 23.8 Å². The molecule has 0 bridgehead atoms. The first-order chi connectivity index (χ1) is 8.19. The molecule has 1 aromatic carbocycles. The third-order valence-electron chi connectivity index (χ3n) is 2.92. The Kier molecular flexibility index (Phi) is 3.52. The van der Waals surface area contributed by atoms with Crippen LogP contribution in [-0.2, 0) is 0 Å². The van der Waals surface area contributed by atoms with Crippen LogP contribution in [0.5, 0.6) is 11.5 Å². The highest BCUT2D eigenvalue weighted by Crippen LogP contribution is 2.32. The Hall–Kier alpha value is -1.71. The molecule has 4 nitrogen and oxygen atoms in total. The zero-order valence-corrected chi connectivity index (χ0v) is 10.0. The lowest BCUT2D eigenvalue weighted by atomic mass is 10.2. The third kappa shape index (κ3) is 3.37. The molecule has 0 aromatic heterocycles. The minimum Gasteiger partial charge on any atom is -0.497 e. The quantitative estimate of drug-likeness (QED) is 0.585. The molecule has 92 valence electrons. The van der Waals surface area contributed by atoms with Crippen LogP contribution < -0.4 is 15.2 Å². The van der Waals surface area contributed by atoms with E-state index in [0.29, 0.717) is 11.3 Å². The Morgan fingerprint density at radius 3 is 2.65 bits per heavy atom. The van der Waals surface area contributed by atoms with Gasteiger partial charge in [-0.25, -0.2) is 0 Å². The molecule has 0 radical (unpaired) electrons. The molecule has 1 aromatic rings. The summed E-state index contributed by atoms with van der Waals surface area (Å²) in [6.45, 7) is 0.717. The van der Waals surface area contributed by atoms with Gasteiger partial charge in [0, 0.05) is 11.6 Å². The monoisotopic (exact) mass is 234 g/mol. The van der Waals surface area contributed by atoms with E-state index in [1.807, 2.05) is 6.07 Å². The van der Waals surface area contributed by atoms with Crippen LogP contribution in [0, 0.1) is 11.3 Å². The van der Waals surface area contributed by atoms with Crippen LogP contribution in [-0.4, -0.2) is 19.6 Å². The fraction of sp³-hybridized carbons (Fsp3) is 0.462. The van der Waals surface area contributed by atoms with E-state index in [9.17, 15) is 0 Å². The van der Waals surface area contributed by atoms with E-state index in [1.165, 1.54) is 12.8 Å². The minimum absolute atomic E-state index is 0.0240.